The lowest BCUT2D eigenvalue weighted by molar-refractivity contribution is 0.471. The number of hydrogen-bond acceptors (Lipinski definition) is 6. The van der Waals surface area contributed by atoms with Gasteiger partial charge < -0.3 is 4.90 Å². The summed E-state index contributed by atoms with van der Waals surface area (Å²) in [6, 6.07) is 11.6. The minimum absolute atomic E-state index is 0.328. The minimum atomic E-state index is 0.328. The quantitative estimate of drug-likeness (QED) is 0.531. The SMILES string of the molecule is Cc1nnc(N2CCC(c3nnc4cccnn34)CC2)n1-c1ccc(Cl)cc1. The Morgan fingerprint density at radius 2 is 1.75 bits per heavy atom. The van der Waals surface area contributed by atoms with Crippen LogP contribution in [0.3, 0.4) is 0 Å². The molecule has 4 aromatic rings. The summed E-state index contributed by atoms with van der Waals surface area (Å²) < 4.78 is 3.92. The summed E-state index contributed by atoms with van der Waals surface area (Å²) in [5.41, 5.74) is 1.80. The predicted octanol–water partition coefficient (Wildman–Crippen LogP) is 3.05. The van der Waals surface area contributed by atoms with Crippen LogP contribution >= 0.6 is 11.6 Å². The van der Waals surface area contributed by atoms with E-state index in [-0.39, 0.29) is 0 Å². The standard InChI is InChI=1S/C19H19ClN8/c1-13-22-25-19(27(13)16-6-4-15(20)5-7-16)26-11-8-14(9-12-26)18-24-23-17-3-2-10-21-28(17)18/h2-7,10,14H,8-9,11-12H2,1H3. The van der Waals surface area contributed by atoms with E-state index in [0.29, 0.717) is 10.9 Å². The largest absolute Gasteiger partial charge is 0.341 e. The molecule has 1 aliphatic heterocycles. The van der Waals surface area contributed by atoms with Gasteiger partial charge in [-0.3, -0.25) is 4.57 Å². The first-order valence-corrected chi connectivity index (χ1v) is 9.68. The Hall–Kier alpha value is -3.00. The second-order valence-corrected chi connectivity index (χ2v) is 7.41. The molecule has 9 heteroatoms. The number of rotatable bonds is 3. The van der Waals surface area contributed by atoms with Gasteiger partial charge in [0, 0.05) is 30.2 Å². The molecule has 0 aliphatic carbocycles. The molecule has 0 N–H and O–H groups in total. The number of aromatic nitrogens is 7. The van der Waals surface area contributed by atoms with E-state index in [4.69, 9.17) is 11.6 Å². The van der Waals surface area contributed by atoms with Gasteiger partial charge in [-0.1, -0.05) is 11.6 Å². The van der Waals surface area contributed by atoms with Crippen molar-refractivity contribution >= 4 is 23.2 Å². The summed E-state index contributed by atoms with van der Waals surface area (Å²) in [4.78, 5) is 2.28. The topological polar surface area (TPSA) is 77.0 Å². The van der Waals surface area contributed by atoms with Crippen molar-refractivity contribution in [2.24, 2.45) is 0 Å². The summed E-state index contributed by atoms with van der Waals surface area (Å²) in [6.07, 6.45) is 3.69. The molecule has 1 aromatic carbocycles. The molecule has 0 radical (unpaired) electrons. The van der Waals surface area contributed by atoms with Gasteiger partial charge in [0.1, 0.15) is 5.82 Å². The molecule has 4 heterocycles. The molecular weight excluding hydrogens is 376 g/mol. The number of halogens is 1. The van der Waals surface area contributed by atoms with E-state index in [2.05, 4.69) is 35.0 Å². The summed E-state index contributed by atoms with van der Waals surface area (Å²) in [6.45, 7) is 3.71. The van der Waals surface area contributed by atoms with Gasteiger partial charge >= 0.3 is 0 Å². The maximum Gasteiger partial charge on any atom is 0.231 e. The molecule has 0 atom stereocenters. The number of fused-ring (bicyclic) bond motifs is 1. The molecule has 5 rings (SSSR count). The van der Waals surface area contributed by atoms with Crippen molar-refractivity contribution in [2.45, 2.75) is 25.7 Å². The average molecular weight is 395 g/mol. The maximum atomic E-state index is 6.04. The van der Waals surface area contributed by atoms with Crippen LogP contribution in [0.4, 0.5) is 5.95 Å². The van der Waals surface area contributed by atoms with Gasteiger partial charge in [0.2, 0.25) is 5.95 Å². The molecule has 3 aromatic heterocycles. The van der Waals surface area contributed by atoms with Crippen LogP contribution in [0.1, 0.15) is 30.4 Å². The summed E-state index contributed by atoms with van der Waals surface area (Å²) in [5, 5.41) is 22.5. The first-order chi connectivity index (χ1) is 13.7. The van der Waals surface area contributed by atoms with Gasteiger partial charge in [-0.15, -0.1) is 20.4 Å². The molecule has 1 aliphatic rings. The second kappa shape index (κ2) is 6.87. The molecular formula is C19H19ClN8. The fourth-order valence-corrected chi connectivity index (χ4v) is 3.93. The van der Waals surface area contributed by atoms with Crippen molar-refractivity contribution in [3.63, 3.8) is 0 Å². The van der Waals surface area contributed by atoms with Gasteiger partial charge in [0.05, 0.1) is 5.69 Å². The monoisotopic (exact) mass is 394 g/mol. The van der Waals surface area contributed by atoms with Crippen molar-refractivity contribution in [1.82, 2.24) is 34.6 Å². The Morgan fingerprint density at radius 3 is 2.54 bits per heavy atom. The van der Waals surface area contributed by atoms with E-state index in [1.165, 1.54) is 0 Å². The first-order valence-electron chi connectivity index (χ1n) is 9.30. The van der Waals surface area contributed by atoms with Crippen LogP contribution in [0.15, 0.2) is 42.6 Å². The van der Waals surface area contributed by atoms with Crippen LogP contribution in [0.25, 0.3) is 11.3 Å². The van der Waals surface area contributed by atoms with E-state index < -0.39 is 0 Å². The zero-order valence-electron chi connectivity index (χ0n) is 15.4. The van der Waals surface area contributed by atoms with Gasteiger partial charge in [-0.05, 0) is 56.2 Å². The van der Waals surface area contributed by atoms with Crippen molar-refractivity contribution in [3.05, 3.63) is 59.3 Å². The van der Waals surface area contributed by atoms with Gasteiger partial charge in [0.25, 0.3) is 0 Å². The van der Waals surface area contributed by atoms with E-state index in [1.807, 2.05) is 47.8 Å². The molecule has 0 amide bonds. The Morgan fingerprint density at radius 1 is 0.964 bits per heavy atom. The Bertz CT molecular complexity index is 1110. The summed E-state index contributed by atoms with van der Waals surface area (Å²) in [7, 11) is 0. The zero-order valence-corrected chi connectivity index (χ0v) is 16.2. The van der Waals surface area contributed by atoms with Crippen molar-refractivity contribution in [2.75, 3.05) is 18.0 Å². The highest BCUT2D eigenvalue weighted by Crippen LogP contribution is 2.30. The molecule has 8 nitrogen and oxygen atoms in total. The lowest BCUT2D eigenvalue weighted by Crippen LogP contribution is -2.35. The Labute approximate surface area is 166 Å². The fraction of sp³-hybridized carbons (Fsp3) is 0.316. The third-order valence-corrected chi connectivity index (χ3v) is 5.49. The molecule has 142 valence electrons. The fourth-order valence-electron chi connectivity index (χ4n) is 3.80. The zero-order chi connectivity index (χ0) is 19.1. The molecule has 0 spiro atoms. The first kappa shape index (κ1) is 17.1. The van der Waals surface area contributed by atoms with Crippen LogP contribution in [0.5, 0.6) is 0 Å². The third-order valence-electron chi connectivity index (χ3n) is 5.24. The lowest BCUT2D eigenvalue weighted by atomic mass is 9.96. The number of anilines is 1. The molecule has 0 saturated carbocycles. The van der Waals surface area contributed by atoms with Crippen LogP contribution < -0.4 is 4.90 Å². The molecule has 28 heavy (non-hydrogen) atoms. The van der Waals surface area contributed by atoms with Crippen LogP contribution in [0, 0.1) is 6.92 Å². The Balaban J connectivity index is 1.38. The van der Waals surface area contributed by atoms with E-state index >= 15 is 0 Å². The van der Waals surface area contributed by atoms with Gasteiger partial charge in [-0.2, -0.15) is 9.61 Å². The number of nitrogens with zero attached hydrogens (tertiary/aromatic N) is 8. The predicted molar refractivity (Wildman–Crippen MR) is 106 cm³/mol. The van der Waals surface area contributed by atoms with E-state index in [0.717, 1.165) is 54.9 Å². The van der Waals surface area contributed by atoms with Crippen molar-refractivity contribution < 1.29 is 0 Å². The van der Waals surface area contributed by atoms with Crippen LogP contribution in [-0.4, -0.2) is 47.7 Å². The van der Waals surface area contributed by atoms with Gasteiger partial charge in [-0.25, -0.2) is 0 Å². The highest BCUT2D eigenvalue weighted by Gasteiger charge is 2.28. The summed E-state index contributed by atoms with van der Waals surface area (Å²) in [5.74, 6) is 2.98. The number of piperidine rings is 1. The number of hydrogen-bond donors (Lipinski definition) is 0. The maximum absolute atomic E-state index is 6.04. The van der Waals surface area contributed by atoms with Crippen molar-refractivity contribution in [3.8, 4) is 5.69 Å². The molecule has 0 bridgehead atoms. The Kier molecular flexibility index (Phi) is 4.20. The second-order valence-electron chi connectivity index (χ2n) is 6.97. The minimum Gasteiger partial charge on any atom is -0.341 e. The molecule has 0 unspecified atom stereocenters. The molecule has 1 fully saturated rings. The van der Waals surface area contributed by atoms with E-state index in [1.54, 1.807) is 6.20 Å². The highest BCUT2D eigenvalue weighted by molar-refractivity contribution is 6.30. The highest BCUT2D eigenvalue weighted by atomic mass is 35.5. The smallest absolute Gasteiger partial charge is 0.231 e. The average Bonchev–Trinajstić information content (AvgIpc) is 3.33. The van der Waals surface area contributed by atoms with E-state index in [9.17, 15) is 0 Å². The third kappa shape index (κ3) is 2.90. The van der Waals surface area contributed by atoms with Crippen molar-refractivity contribution in [1.29, 1.82) is 0 Å². The van der Waals surface area contributed by atoms with Gasteiger partial charge in [0.15, 0.2) is 11.5 Å². The summed E-state index contributed by atoms with van der Waals surface area (Å²) >= 11 is 6.04. The number of benzene rings is 1. The van der Waals surface area contributed by atoms with Crippen LogP contribution in [-0.2, 0) is 0 Å². The molecule has 1 saturated heterocycles. The van der Waals surface area contributed by atoms with Crippen LogP contribution in [0.2, 0.25) is 5.02 Å². The normalized spacial score (nSPS) is 15.4. The number of aryl methyl sites for hydroxylation is 1. The lowest BCUT2D eigenvalue weighted by Gasteiger charge is -2.31.